The molecule has 0 saturated carbocycles. The number of hydrazone groups is 1. The maximum atomic E-state index is 12.7. The van der Waals surface area contributed by atoms with Crippen molar-refractivity contribution in [3.05, 3.63) is 66.2 Å². The van der Waals surface area contributed by atoms with Crippen molar-refractivity contribution >= 4 is 23.3 Å². The summed E-state index contributed by atoms with van der Waals surface area (Å²) in [6.45, 7) is 1.12. The summed E-state index contributed by atoms with van der Waals surface area (Å²) in [4.78, 5) is 24.3. The average molecular weight is 393 g/mol. The molecule has 0 spiro atoms. The van der Waals surface area contributed by atoms with Crippen LogP contribution in [0.3, 0.4) is 0 Å². The van der Waals surface area contributed by atoms with Crippen LogP contribution < -0.4 is 10.3 Å². The minimum atomic E-state index is -1.01. The second-order valence-corrected chi connectivity index (χ2v) is 7.25. The standard InChI is InChI=1S/C22H23N3O4/c26-21(23-14-16-11-12-29-20(16)15-7-3-1-4-8-15)18-13-19(22(27)28)25(24-18)17-9-5-2-6-10-17/h1-10,16,19-20H,11-14H2,(H,23,26)(H,27,28)/t16-,19?,20-/m1/s1. The van der Waals surface area contributed by atoms with Crippen molar-refractivity contribution in [2.75, 3.05) is 18.2 Å². The summed E-state index contributed by atoms with van der Waals surface area (Å²) >= 11 is 0. The molecular formula is C22H23N3O4. The van der Waals surface area contributed by atoms with Gasteiger partial charge in [0.15, 0.2) is 6.04 Å². The van der Waals surface area contributed by atoms with Gasteiger partial charge >= 0.3 is 5.97 Å². The third kappa shape index (κ3) is 4.14. The third-order valence-corrected chi connectivity index (χ3v) is 5.35. The fourth-order valence-corrected chi connectivity index (χ4v) is 3.84. The lowest BCUT2D eigenvalue weighted by Crippen LogP contribution is -2.37. The van der Waals surface area contributed by atoms with Gasteiger partial charge in [-0.15, -0.1) is 0 Å². The van der Waals surface area contributed by atoms with Crippen LogP contribution in [0.15, 0.2) is 65.8 Å². The smallest absolute Gasteiger partial charge is 0.328 e. The van der Waals surface area contributed by atoms with Gasteiger partial charge in [0.2, 0.25) is 0 Å². The molecule has 1 unspecified atom stereocenters. The Kier molecular flexibility index (Phi) is 5.57. The topological polar surface area (TPSA) is 91.2 Å². The van der Waals surface area contributed by atoms with Crippen molar-refractivity contribution in [2.45, 2.75) is 25.0 Å². The van der Waals surface area contributed by atoms with Gasteiger partial charge < -0.3 is 15.2 Å². The van der Waals surface area contributed by atoms with Crippen LogP contribution in [-0.4, -0.2) is 41.9 Å². The van der Waals surface area contributed by atoms with Crippen LogP contribution in [0.2, 0.25) is 0 Å². The molecule has 7 heteroatoms. The predicted octanol–water partition coefficient (Wildman–Crippen LogP) is 2.60. The van der Waals surface area contributed by atoms with E-state index >= 15 is 0 Å². The molecule has 4 rings (SSSR count). The van der Waals surface area contributed by atoms with E-state index in [9.17, 15) is 14.7 Å². The van der Waals surface area contributed by atoms with Crippen LogP contribution >= 0.6 is 0 Å². The fourth-order valence-electron chi connectivity index (χ4n) is 3.84. The van der Waals surface area contributed by atoms with Crippen LogP contribution in [0.4, 0.5) is 5.69 Å². The number of para-hydroxylation sites is 1. The van der Waals surface area contributed by atoms with Crippen molar-refractivity contribution in [2.24, 2.45) is 11.0 Å². The second-order valence-electron chi connectivity index (χ2n) is 7.25. The van der Waals surface area contributed by atoms with Gasteiger partial charge in [0.05, 0.1) is 11.8 Å². The molecule has 0 aromatic heterocycles. The van der Waals surface area contributed by atoms with Gasteiger partial charge in [-0.05, 0) is 24.1 Å². The Labute approximate surface area is 169 Å². The molecule has 7 nitrogen and oxygen atoms in total. The van der Waals surface area contributed by atoms with Gasteiger partial charge in [0.1, 0.15) is 5.71 Å². The highest BCUT2D eigenvalue weighted by Crippen LogP contribution is 2.34. The van der Waals surface area contributed by atoms with E-state index in [1.807, 2.05) is 48.5 Å². The number of carboxylic acids is 1. The molecule has 2 aromatic carbocycles. The Morgan fingerprint density at radius 1 is 1.10 bits per heavy atom. The van der Waals surface area contributed by atoms with E-state index < -0.39 is 12.0 Å². The van der Waals surface area contributed by atoms with E-state index in [1.54, 1.807) is 12.1 Å². The van der Waals surface area contributed by atoms with E-state index in [-0.39, 0.29) is 30.1 Å². The zero-order valence-electron chi connectivity index (χ0n) is 15.9. The molecule has 3 atom stereocenters. The van der Waals surface area contributed by atoms with Crippen molar-refractivity contribution in [1.82, 2.24) is 5.32 Å². The molecule has 2 aliphatic heterocycles. The quantitative estimate of drug-likeness (QED) is 0.787. The van der Waals surface area contributed by atoms with Crippen LogP contribution in [-0.2, 0) is 14.3 Å². The average Bonchev–Trinajstić information content (AvgIpc) is 3.41. The fraction of sp³-hybridized carbons (Fsp3) is 0.318. The molecule has 2 N–H and O–H groups in total. The van der Waals surface area contributed by atoms with Crippen LogP contribution in [0.5, 0.6) is 0 Å². The molecule has 1 fully saturated rings. The molecule has 2 heterocycles. The SMILES string of the molecule is O=C(NC[C@H]1CCO[C@@H]1c1ccccc1)C1=NN(c2ccccc2)C(C(=O)O)C1. The van der Waals surface area contributed by atoms with E-state index in [0.717, 1.165) is 12.0 Å². The number of carboxylic acid groups (broad SMARTS) is 1. The van der Waals surface area contributed by atoms with Gasteiger partial charge in [-0.2, -0.15) is 5.10 Å². The third-order valence-electron chi connectivity index (χ3n) is 5.35. The Balaban J connectivity index is 1.42. The highest BCUT2D eigenvalue weighted by Gasteiger charge is 2.37. The zero-order valence-corrected chi connectivity index (χ0v) is 15.9. The number of anilines is 1. The maximum Gasteiger partial charge on any atom is 0.328 e. The Morgan fingerprint density at radius 3 is 2.48 bits per heavy atom. The van der Waals surface area contributed by atoms with E-state index in [2.05, 4.69) is 10.4 Å². The summed E-state index contributed by atoms with van der Waals surface area (Å²) in [6.07, 6.45) is 0.883. The Bertz CT molecular complexity index is 901. The number of carbonyl (C=O) groups excluding carboxylic acids is 1. The molecule has 29 heavy (non-hydrogen) atoms. The molecular weight excluding hydrogens is 370 g/mol. The van der Waals surface area contributed by atoms with Crippen LogP contribution in [0, 0.1) is 5.92 Å². The van der Waals surface area contributed by atoms with Gasteiger partial charge in [0, 0.05) is 25.5 Å². The monoisotopic (exact) mass is 393 g/mol. The maximum absolute atomic E-state index is 12.7. The van der Waals surface area contributed by atoms with Gasteiger partial charge in [-0.3, -0.25) is 9.80 Å². The molecule has 150 valence electrons. The van der Waals surface area contributed by atoms with Crippen molar-refractivity contribution < 1.29 is 19.4 Å². The number of benzene rings is 2. The number of hydrogen-bond acceptors (Lipinski definition) is 5. The van der Waals surface area contributed by atoms with Gasteiger partial charge in [-0.25, -0.2) is 4.79 Å². The number of nitrogens with zero attached hydrogens (tertiary/aromatic N) is 2. The lowest BCUT2D eigenvalue weighted by Gasteiger charge is -2.19. The summed E-state index contributed by atoms with van der Waals surface area (Å²) in [5, 5.41) is 18.2. The molecule has 1 amide bonds. The lowest BCUT2D eigenvalue weighted by molar-refractivity contribution is -0.138. The van der Waals surface area contributed by atoms with E-state index in [0.29, 0.717) is 18.8 Å². The Morgan fingerprint density at radius 2 is 1.79 bits per heavy atom. The molecule has 2 aromatic rings. The van der Waals surface area contributed by atoms with Crippen LogP contribution in [0.25, 0.3) is 0 Å². The summed E-state index contributed by atoms with van der Waals surface area (Å²) in [5.41, 5.74) is 1.98. The summed E-state index contributed by atoms with van der Waals surface area (Å²) < 4.78 is 5.87. The first-order valence-electron chi connectivity index (χ1n) is 9.73. The molecule has 0 bridgehead atoms. The van der Waals surface area contributed by atoms with E-state index in [1.165, 1.54) is 5.01 Å². The van der Waals surface area contributed by atoms with E-state index in [4.69, 9.17) is 4.74 Å². The number of ether oxygens (including phenoxy) is 1. The summed E-state index contributed by atoms with van der Waals surface area (Å²) in [5.74, 6) is -1.16. The predicted molar refractivity (Wildman–Crippen MR) is 109 cm³/mol. The van der Waals surface area contributed by atoms with Crippen molar-refractivity contribution in [3.8, 4) is 0 Å². The minimum Gasteiger partial charge on any atom is -0.480 e. The number of rotatable bonds is 6. The lowest BCUT2D eigenvalue weighted by atomic mass is 9.95. The first kappa shape index (κ1) is 19.1. The molecule has 2 aliphatic rings. The highest BCUT2D eigenvalue weighted by atomic mass is 16.5. The second kappa shape index (κ2) is 8.45. The molecule has 0 radical (unpaired) electrons. The van der Waals surface area contributed by atoms with Gasteiger partial charge in [-0.1, -0.05) is 48.5 Å². The zero-order chi connectivity index (χ0) is 20.2. The van der Waals surface area contributed by atoms with Crippen molar-refractivity contribution in [1.29, 1.82) is 0 Å². The number of nitrogens with one attached hydrogen (secondary N) is 1. The number of amides is 1. The summed E-state index contributed by atoms with van der Waals surface area (Å²) in [7, 11) is 0. The minimum absolute atomic E-state index is 0.0467. The van der Waals surface area contributed by atoms with Gasteiger partial charge in [0.25, 0.3) is 5.91 Å². The first-order valence-corrected chi connectivity index (χ1v) is 9.73. The van der Waals surface area contributed by atoms with Crippen LogP contribution in [0.1, 0.15) is 24.5 Å². The normalized spacial score (nSPS) is 23.7. The van der Waals surface area contributed by atoms with Crippen molar-refractivity contribution in [3.63, 3.8) is 0 Å². The number of hydrogen-bond donors (Lipinski definition) is 2. The Hall–Kier alpha value is -3.19. The molecule has 0 aliphatic carbocycles. The largest absolute Gasteiger partial charge is 0.480 e. The first-order chi connectivity index (χ1) is 14.1. The summed E-state index contributed by atoms with van der Waals surface area (Å²) in [6, 6.07) is 18.1. The molecule has 1 saturated heterocycles. The number of aliphatic carboxylic acids is 1. The number of carbonyl (C=O) groups is 2. The highest BCUT2D eigenvalue weighted by molar-refractivity contribution is 6.40.